The Morgan fingerprint density at radius 1 is 1.60 bits per heavy atom. The van der Waals surface area contributed by atoms with Gasteiger partial charge in [0.1, 0.15) is 0 Å². The number of aromatic amines is 1. The topological polar surface area (TPSA) is 44.8 Å². The Kier molecular flexibility index (Phi) is 3.13. The average molecular weight is 258 g/mol. The van der Waals surface area contributed by atoms with Crippen LogP contribution < -0.4 is 4.90 Å². The van der Waals surface area contributed by atoms with Crippen LogP contribution in [0.25, 0.3) is 0 Å². The first-order valence-corrected chi connectivity index (χ1v) is 6.43. The van der Waals surface area contributed by atoms with E-state index in [-0.39, 0.29) is 0 Å². The van der Waals surface area contributed by atoms with Crippen molar-refractivity contribution >= 4 is 40.0 Å². The van der Waals surface area contributed by atoms with Crippen LogP contribution in [0.2, 0.25) is 0 Å². The molecule has 2 aromatic heterocycles. The van der Waals surface area contributed by atoms with E-state index in [0.29, 0.717) is 3.95 Å². The Morgan fingerprint density at radius 3 is 2.93 bits per heavy atom. The van der Waals surface area contributed by atoms with E-state index in [9.17, 15) is 0 Å². The second-order valence-electron chi connectivity index (χ2n) is 3.11. The first kappa shape index (κ1) is 10.7. The van der Waals surface area contributed by atoms with Crippen LogP contribution in [-0.4, -0.2) is 22.2 Å². The first-order valence-electron chi connectivity index (χ1n) is 4.33. The van der Waals surface area contributed by atoms with E-state index in [1.807, 2.05) is 18.9 Å². The lowest BCUT2D eigenvalue weighted by molar-refractivity contribution is 0.868. The minimum absolute atomic E-state index is 0.700. The zero-order valence-corrected chi connectivity index (χ0v) is 10.8. The molecule has 0 saturated carbocycles. The predicted octanol–water partition coefficient (Wildman–Crippen LogP) is 2.60. The lowest BCUT2D eigenvalue weighted by Crippen LogP contribution is -2.16. The predicted molar refractivity (Wildman–Crippen MR) is 66.3 cm³/mol. The van der Waals surface area contributed by atoms with Crippen LogP contribution in [0.4, 0.5) is 5.13 Å². The summed E-state index contributed by atoms with van der Waals surface area (Å²) in [5.74, 6) is 0. The number of nitrogens with zero attached hydrogens (tertiary/aromatic N) is 3. The Hall–Kier alpha value is -0.790. The summed E-state index contributed by atoms with van der Waals surface area (Å²) in [6, 6.07) is 0. The summed E-state index contributed by atoms with van der Waals surface area (Å²) >= 11 is 8.12. The zero-order valence-electron chi connectivity index (χ0n) is 8.35. The van der Waals surface area contributed by atoms with Gasteiger partial charge in [0.15, 0.2) is 3.95 Å². The van der Waals surface area contributed by atoms with Gasteiger partial charge in [-0.2, -0.15) is 0 Å². The van der Waals surface area contributed by atoms with Crippen LogP contribution in [-0.2, 0) is 6.54 Å². The molecule has 0 aliphatic carbocycles. The molecule has 1 N–H and O–H groups in total. The van der Waals surface area contributed by atoms with Crippen molar-refractivity contribution in [3.63, 3.8) is 0 Å². The van der Waals surface area contributed by atoms with Crippen molar-refractivity contribution in [1.82, 2.24) is 15.2 Å². The Labute approximate surface area is 101 Å². The van der Waals surface area contributed by atoms with Gasteiger partial charge in [-0.15, -0.1) is 16.4 Å². The monoisotopic (exact) mass is 258 g/mol. The third kappa shape index (κ3) is 2.61. The summed E-state index contributed by atoms with van der Waals surface area (Å²) in [7, 11) is 1.98. The molecule has 0 fully saturated rings. The fraction of sp³-hybridized carbons (Fsp3) is 0.375. The highest BCUT2D eigenvalue weighted by Crippen LogP contribution is 2.18. The van der Waals surface area contributed by atoms with Crippen LogP contribution in [0.3, 0.4) is 0 Å². The standard InChI is InChI=1S/C8H10N4S3/c1-5-9-6(4-14-5)3-12(2)7-10-11-8(13)15-7/h4H,3H2,1-2H3,(H,11,13). The fourth-order valence-electron chi connectivity index (χ4n) is 1.18. The van der Waals surface area contributed by atoms with E-state index in [2.05, 4.69) is 20.6 Å². The van der Waals surface area contributed by atoms with E-state index >= 15 is 0 Å². The number of rotatable bonds is 3. The van der Waals surface area contributed by atoms with E-state index in [4.69, 9.17) is 12.2 Å². The summed E-state index contributed by atoms with van der Waals surface area (Å²) in [5, 5.41) is 10.9. The van der Waals surface area contributed by atoms with Crippen molar-refractivity contribution < 1.29 is 0 Å². The van der Waals surface area contributed by atoms with Crippen molar-refractivity contribution in [1.29, 1.82) is 0 Å². The van der Waals surface area contributed by atoms with E-state index in [1.165, 1.54) is 11.3 Å². The number of aromatic nitrogens is 3. The molecule has 2 rings (SSSR count). The van der Waals surface area contributed by atoms with Crippen molar-refractivity contribution in [3.05, 3.63) is 20.0 Å². The normalized spacial score (nSPS) is 10.5. The summed E-state index contributed by atoms with van der Waals surface area (Å²) in [6.45, 7) is 2.77. The summed E-state index contributed by atoms with van der Waals surface area (Å²) in [6.07, 6.45) is 0. The molecular formula is C8H10N4S3. The van der Waals surface area contributed by atoms with Crippen LogP contribution in [0.5, 0.6) is 0 Å². The number of thiazole rings is 1. The van der Waals surface area contributed by atoms with E-state index in [1.54, 1.807) is 11.3 Å². The summed E-state index contributed by atoms with van der Waals surface area (Å²) < 4.78 is 0.700. The second kappa shape index (κ2) is 4.38. The number of nitrogens with one attached hydrogen (secondary N) is 1. The maximum absolute atomic E-state index is 4.98. The average Bonchev–Trinajstić information content (AvgIpc) is 2.75. The number of hydrogen-bond acceptors (Lipinski definition) is 6. The number of aryl methyl sites for hydroxylation is 1. The highest BCUT2D eigenvalue weighted by atomic mass is 32.1. The Bertz CT molecular complexity index is 498. The number of anilines is 1. The third-order valence-corrected chi connectivity index (χ3v) is 3.84. The van der Waals surface area contributed by atoms with Crippen molar-refractivity contribution in [2.75, 3.05) is 11.9 Å². The molecule has 15 heavy (non-hydrogen) atoms. The van der Waals surface area contributed by atoms with Crippen LogP contribution >= 0.6 is 34.9 Å². The molecule has 0 aliphatic rings. The molecule has 7 heteroatoms. The Balaban J connectivity index is 2.10. The van der Waals surface area contributed by atoms with Gasteiger partial charge in [0.25, 0.3) is 0 Å². The maximum atomic E-state index is 4.98. The van der Waals surface area contributed by atoms with Crippen molar-refractivity contribution in [3.8, 4) is 0 Å². The van der Waals surface area contributed by atoms with Gasteiger partial charge in [-0.1, -0.05) is 11.3 Å². The molecule has 0 unspecified atom stereocenters. The van der Waals surface area contributed by atoms with Gasteiger partial charge in [-0.3, -0.25) is 5.10 Å². The quantitative estimate of drug-likeness (QED) is 0.860. The minimum Gasteiger partial charge on any atom is -0.344 e. The zero-order chi connectivity index (χ0) is 10.8. The van der Waals surface area contributed by atoms with Gasteiger partial charge in [0.05, 0.1) is 17.2 Å². The maximum Gasteiger partial charge on any atom is 0.207 e. The highest BCUT2D eigenvalue weighted by Gasteiger charge is 2.07. The molecule has 0 aromatic carbocycles. The van der Waals surface area contributed by atoms with Crippen LogP contribution in [0.1, 0.15) is 10.7 Å². The van der Waals surface area contributed by atoms with Gasteiger partial charge in [0, 0.05) is 12.4 Å². The lowest BCUT2D eigenvalue weighted by atomic mass is 10.4. The van der Waals surface area contributed by atoms with E-state index < -0.39 is 0 Å². The molecule has 2 aromatic rings. The molecule has 0 amide bonds. The molecule has 4 nitrogen and oxygen atoms in total. The molecule has 0 aliphatic heterocycles. The highest BCUT2D eigenvalue weighted by molar-refractivity contribution is 7.73. The molecular weight excluding hydrogens is 248 g/mol. The van der Waals surface area contributed by atoms with Gasteiger partial charge >= 0.3 is 0 Å². The summed E-state index contributed by atoms with van der Waals surface area (Å²) in [4.78, 5) is 6.43. The lowest BCUT2D eigenvalue weighted by Gasteiger charge is -2.12. The number of hydrogen-bond donors (Lipinski definition) is 1. The molecule has 2 heterocycles. The molecule has 0 bridgehead atoms. The van der Waals surface area contributed by atoms with Crippen molar-refractivity contribution in [2.45, 2.75) is 13.5 Å². The largest absolute Gasteiger partial charge is 0.344 e. The SMILES string of the molecule is Cc1nc(CN(C)c2n[nH]c(=S)s2)cs1. The van der Waals surface area contributed by atoms with Gasteiger partial charge in [-0.25, -0.2) is 4.98 Å². The molecule has 0 radical (unpaired) electrons. The Morgan fingerprint density at radius 2 is 2.40 bits per heavy atom. The van der Waals surface area contributed by atoms with Gasteiger partial charge in [0.2, 0.25) is 5.13 Å². The fourth-order valence-corrected chi connectivity index (χ4v) is 2.62. The van der Waals surface area contributed by atoms with Gasteiger partial charge in [-0.05, 0) is 19.1 Å². The minimum atomic E-state index is 0.700. The van der Waals surface area contributed by atoms with Crippen LogP contribution in [0.15, 0.2) is 5.38 Å². The van der Waals surface area contributed by atoms with E-state index in [0.717, 1.165) is 22.4 Å². The smallest absolute Gasteiger partial charge is 0.207 e. The van der Waals surface area contributed by atoms with Gasteiger partial charge < -0.3 is 4.90 Å². The first-order chi connectivity index (χ1) is 7.15. The third-order valence-electron chi connectivity index (χ3n) is 1.82. The number of H-pyrrole nitrogens is 1. The van der Waals surface area contributed by atoms with Crippen molar-refractivity contribution in [2.24, 2.45) is 0 Å². The second-order valence-corrected chi connectivity index (χ2v) is 5.82. The summed E-state index contributed by atoms with van der Waals surface area (Å²) in [5.41, 5.74) is 1.07. The molecule has 80 valence electrons. The molecule has 0 atom stereocenters. The molecule has 0 spiro atoms. The molecule has 0 saturated heterocycles. The van der Waals surface area contributed by atoms with Crippen LogP contribution in [0, 0.1) is 10.9 Å².